The minimum Gasteiger partial charge on any atom is -0.447 e. The SMILES string of the molecule is C=CCC[C@H](O)CN1CCN(Cc2nc(C(=O)N[C@H](C)CC)co2)CC1. The van der Waals surface area contributed by atoms with Crippen LogP contribution in [0.15, 0.2) is 23.3 Å². The van der Waals surface area contributed by atoms with Gasteiger partial charge in [0.25, 0.3) is 5.91 Å². The highest BCUT2D eigenvalue weighted by molar-refractivity contribution is 5.92. The van der Waals surface area contributed by atoms with E-state index in [2.05, 4.69) is 26.7 Å². The molecule has 7 heteroatoms. The van der Waals surface area contributed by atoms with Crippen LogP contribution in [-0.2, 0) is 6.54 Å². The van der Waals surface area contributed by atoms with E-state index in [-0.39, 0.29) is 18.1 Å². The lowest BCUT2D eigenvalue weighted by molar-refractivity contribution is 0.0642. The van der Waals surface area contributed by atoms with Gasteiger partial charge in [-0.05, 0) is 26.2 Å². The van der Waals surface area contributed by atoms with Crippen molar-refractivity contribution in [2.75, 3.05) is 32.7 Å². The zero-order valence-electron chi connectivity index (χ0n) is 16.0. The van der Waals surface area contributed by atoms with Crippen molar-refractivity contribution in [3.05, 3.63) is 30.5 Å². The molecule has 2 atom stereocenters. The predicted molar refractivity (Wildman–Crippen MR) is 101 cm³/mol. The van der Waals surface area contributed by atoms with Crippen molar-refractivity contribution in [1.29, 1.82) is 0 Å². The van der Waals surface area contributed by atoms with Gasteiger partial charge in [0.05, 0.1) is 12.6 Å². The van der Waals surface area contributed by atoms with Gasteiger partial charge in [0.1, 0.15) is 6.26 Å². The summed E-state index contributed by atoms with van der Waals surface area (Å²) >= 11 is 0. The first-order chi connectivity index (χ1) is 12.5. The first-order valence-corrected chi connectivity index (χ1v) is 9.50. The molecule has 7 nitrogen and oxygen atoms in total. The van der Waals surface area contributed by atoms with E-state index in [4.69, 9.17) is 4.42 Å². The maximum atomic E-state index is 12.1. The van der Waals surface area contributed by atoms with Gasteiger partial charge in [-0.3, -0.25) is 14.6 Å². The second-order valence-electron chi connectivity index (χ2n) is 7.01. The molecule has 0 saturated carbocycles. The first-order valence-electron chi connectivity index (χ1n) is 9.50. The number of amides is 1. The largest absolute Gasteiger partial charge is 0.447 e. The minimum absolute atomic E-state index is 0.123. The Labute approximate surface area is 156 Å². The van der Waals surface area contributed by atoms with E-state index in [1.165, 1.54) is 6.26 Å². The molecular weight excluding hydrogens is 332 g/mol. The van der Waals surface area contributed by atoms with Gasteiger partial charge in [-0.2, -0.15) is 0 Å². The van der Waals surface area contributed by atoms with E-state index in [9.17, 15) is 9.90 Å². The van der Waals surface area contributed by atoms with E-state index in [1.54, 1.807) is 0 Å². The summed E-state index contributed by atoms with van der Waals surface area (Å²) in [5, 5.41) is 12.9. The highest BCUT2D eigenvalue weighted by atomic mass is 16.3. The molecule has 0 bridgehead atoms. The zero-order valence-corrected chi connectivity index (χ0v) is 16.0. The summed E-state index contributed by atoms with van der Waals surface area (Å²) in [5.41, 5.74) is 0.337. The van der Waals surface area contributed by atoms with Gasteiger partial charge >= 0.3 is 0 Å². The average Bonchev–Trinajstić information content (AvgIpc) is 3.10. The fraction of sp³-hybridized carbons (Fsp3) is 0.684. The monoisotopic (exact) mass is 364 g/mol. The molecule has 1 saturated heterocycles. The number of carbonyl (C=O) groups excluding carboxylic acids is 1. The van der Waals surface area contributed by atoms with Crippen molar-refractivity contribution >= 4 is 5.91 Å². The summed E-state index contributed by atoms with van der Waals surface area (Å²) < 4.78 is 5.46. The van der Waals surface area contributed by atoms with Crippen LogP contribution in [0.3, 0.4) is 0 Å². The summed E-state index contributed by atoms with van der Waals surface area (Å²) in [6.45, 7) is 12.6. The maximum Gasteiger partial charge on any atom is 0.273 e. The van der Waals surface area contributed by atoms with E-state index in [1.807, 2.05) is 19.9 Å². The molecule has 146 valence electrons. The Hall–Kier alpha value is -1.70. The molecule has 0 radical (unpaired) electrons. The molecule has 0 aromatic carbocycles. The number of hydrogen-bond donors (Lipinski definition) is 2. The second kappa shape index (κ2) is 10.4. The Balaban J connectivity index is 1.74. The predicted octanol–water partition coefficient (Wildman–Crippen LogP) is 1.65. The number of oxazole rings is 1. The summed E-state index contributed by atoms with van der Waals surface area (Å²) in [4.78, 5) is 20.9. The zero-order chi connectivity index (χ0) is 18.9. The molecule has 1 aromatic rings. The van der Waals surface area contributed by atoms with Crippen LogP contribution in [0.2, 0.25) is 0 Å². The fourth-order valence-corrected chi connectivity index (χ4v) is 2.91. The molecule has 0 aliphatic carbocycles. The maximum absolute atomic E-state index is 12.1. The lowest BCUT2D eigenvalue weighted by Gasteiger charge is -2.34. The Morgan fingerprint density at radius 3 is 2.77 bits per heavy atom. The third-order valence-electron chi connectivity index (χ3n) is 4.77. The molecule has 1 aliphatic rings. The van der Waals surface area contributed by atoms with Gasteiger partial charge in [-0.15, -0.1) is 6.58 Å². The molecule has 0 unspecified atom stereocenters. The van der Waals surface area contributed by atoms with Crippen LogP contribution in [0.1, 0.15) is 49.5 Å². The van der Waals surface area contributed by atoms with E-state index >= 15 is 0 Å². The van der Waals surface area contributed by atoms with Crippen molar-refractivity contribution in [1.82, 2.24) is 20.1 Å². The number of nitrogens with one attached hydrogen (secondary N) is 1. The minimum atomic E-state index is -0.294. The van der Waals surface area contributed by atoms with Crippen molar-refractivity contribution in [3.8, 4) is 0 Å². The van der Waals surface area contributed by atoms with Crippen LogP contribution in [-0.4, -0.2) is 70.7 Å². The van der Waals surface area contributed by atoms with E-state index < -0.39 is 0 Å². The van der Waals surface area contributed by atoms with Crippen molar-refractivity contribution < 1.29 is 14.3 Å². The molecule has 1 aromatic heterocycles. The molecule has 2 N–H and O–H groups in total. The number of allylic oxidation sites excluding steroid dienone is 1. The van der Waals surface area contributed by atoms with Crippen LogP contribution >= 0.6 is 0 Å². The van der Waals surface area contributed by atoms with Gasteiger partial charge in [-0.1, -0.05) is 13.0 Å². The molecular formula is C19H32N4O3. The number of aliphatic hydroxyl groups is 1. The van der Waals surface area contributed by atoms with E-state index in [0.29, 0.717) is 24.7 Å². The van der Waals surface area contributed by atoms with Crippen LogP contribution in [0, 0.1) is 0 Å². The summed E-state index contributed by atoms with van der Waals surface area (Å²) in [6.07, 6.45) is 5.47. The number of aliphatic hydroxyl groups excluding tert-OH is 1. The molecule has 26 heavy (non-hydrogen) atoms. The summed E-state index contributed by atoms with van der Waals surface area (Å²) in [6, 6.07) is 0.123. The van der Waals surface area contributed by atoms with E-state index in [0.717, 1.165) is 45.4 Å². The first kappa shape index (κ1) is 20.6. The van der Waals surface area contributed by atoms with Crippen molar-refractivity contribution in [2.45, 2.75) is 51.8 Å². The molecule has 1 fully saturated rings. The Kier molecular flexibility index (Phi) is 8.28. The number of piperazine rings is 1. The number of β-amino-alcohol motifs (C(OH)–C–C–N with tert-alkyl or cyclic N) is 1. The average molecular weight is 364 g/mol. The quantitative estimate of drug-likeness (QED) is 0.615. The van der Waals surface area contributed by atoms with Gasteiger partial charge in [-0.25, -0.2) is 4.98 Å². The van der Waals surface area contributed by atoms with Gasteiger partial charge in [0, 0.05) is 38.8 Å². The molecule has 1 amide bonds. The third-order valence-corrected chi connectivity index (χ3v) is 4.77. The van der Waals surface area contributed by atoms with Gasteiger partial charge in [0.2, 0.25) is 5.89 Å². The molecule has 2 rings (SSSR count). The highest BCUT2D eigenvalue weighted by Gasteiger charge is 2.21. The number of rotatable bonds is 10. The Morgan fingerprint density at radius 1 is 1.42 bits per heavy atom. The van der Waals surface area contributed by atoms with Crippen LogP contribution in [0.4, 0.5) is 0 Å². The lowest BCUT2D eigenvalue weighted by atomic mass is 10.1. The standard InChI is InChI=1S/C19H32N4O3/c1-4-6-7-16(24)12-22-8-10-23(11-9-22)13-18-21-17(14-26-18)19(25)20-15(3)5-2/h4,14-16,24H,1,5-13H2,2-3H3,(H,20,25)/t15-,16+/m1/s1. The Morgan fingerprint density at radius 2 is 2.12 bits per heavy atom. The van der Waals surface area contributed by atoms with Crippen LogP contribution in [0.5, 0.6) is 0 Å². The third kappa shape index (κ3) is 6.55. The van der Waals surface area contributed by atoms with Crippen molar-refractivity contribution in [3.63, 3.8) is 0 Å². The number of carbonyl (C=O) groups is 1. The highest BCUT2D eigenvalue weighted by Crippen LogP contribution is 2.11. The Bertz CT molecular complexity index is 567. The van der Waals surface area contributed by atoms with Crippen LogP contribution in [0.25, 0.3) is 0 Å². The number of hydrogen-bond acceptors (Lipinski definition) is 6. The molecule has 2 heterocycles. The van der Waals surface area contributed by atoms with Crippen LogP contribution < -0.4 is 5.32 Å². The lowest BCUT2D eigenvalue weighted by Crippen LogP contribution is -2.48. The van der Waals surface area contributed by atoms with Gasteiger partial charge < -0.3 is 14.8 Å². The van der Waals surface area contributed by atoms with Crippen molar-refractivity contribution in [2.24, 2.45) is 0 Å². The normalized spacial score (nSPS) is 18.4. The summed E-state index contributed by atoms with van der Waals surface area (Å²) in [7, 11) is 0. The number of aromatic nitrogens is 1. The fourth-order valence-electron chi connectivity index (χ4n) is 2.91. The molecule has 1 aliphatic heterocycles. The smallest absolute Gasteiger partial charge is 0.273 e. The second-order valence-corrected chi connectivity index (χ2v) is 7.01. The summed E-state index contributed by atoms with van der Waals surface area (Å²) in [5.74, 6) is 0.381. The topological polar surface area (TPSA) is 81.8 Å². The van der Waals surface area contributed by atoms with Gasteiger partial charge in [0.15, 0.2) is 5.69 Å². The number of nitrogens with zero attached hydrogens (tertiary/aromatic N) is 3. The molecule has 0 spiro atoms.